The third-order valence-corrected chi connectivity index (χ3v) is 6.13. The van der Waals surface area contributed by atoms with Crippen LogP contribution in [0.2, 0.25) is 0 Å². The van der Waals surface area contributed by atoms with E-state index < -0.39 is 22.8 Å². The number of urea groups is 1. The van der Waals surface area contributed by atoms with E-state index in [1.807, 2.05) is 61.5 Å². The minimum Gasteiger partial charge on any atom is -0.488 e. The Labute approximate surface area is 217 Å². The third kappa shape index (κ3) is 4.72. The first-order valence-corrected chi connectivity index (χ1v) is 11.7. The Morgan fingerprint density at radius 3 is 2.47 bits per heavy atom. The van der Waals surface area contributed by atoms with Crippen molar-refractivity contribution < 1.29 is 24.0 Å². The summed E-state index contributed by atoms with van der Waals surface area (Å²) in [5.74, 6) is -1.34. The summed E-state index contributed by atoms with van der Waals surface area (Å²) in [6, 6.07) is 23.0. The molecule has 1 heterocycles. The van der Waals surface area contributed by atoms with Crippen LogP contribution in [-0.4, -0.2) is 22.8 Å². The highest BCUT2D eigenvalue weighted by Gasteiger charge is 2.37. The number of amides is 4. The van der Waals surface area contributed by atoms with Crippen molar-refractivity contribution in [3.05, 3.63) is 117 Å². The SMILES string of the molecule is Cc1ccc(COc2ccc3ccccc3c2/C=C2\C(=O)NC(=O)N(c3cccc([N+](=O)[O-])c3)C2=O)cc1. The van der Waals surface area contributed by atoms with Gasteiger partial charge in [0.25, 0.3) is 17.5 Å². The molecule has 38 heavy (non-hydrogen) atoms. The van der Waals surface area contributed by atoms with Gasteiger partial charge in [0.1, 0.15) is 17.9 Å². The lowest BCUT2D eigenvalue weighted by atomic mass is 9.99. The number of ether oxygens (including phenoxy) is 1. The Morgan fingerprint density at radius 2 is 1.71 bits per heavy atom. The lowest BCUT2D eigenvalue weighted by molar-refractivity contribution is -0.384. The highest BCUT2D eigenvalue weighted by Crippen LogP contribution is 2.33. The smallest absolute Gasteiger partial charge is 0.335 e. The van der Waals surface area contributed by atoms with Crippen LogP contribution in [0.3, 0.4) is 0 Å². The topological polar surface area (TPSA) is 119 Å². The number of non-ortho nitro benzene ring substituents is 1. The number of imide groups is 2. The molecule has 4 aromatic rings. The number of carbonyl (C=O) groups excluding carboxylic acids is 3. The molecule has 0 radical (unpaired) electrons. The largest absolute Gasteiger partial charge is 0.488 e. The van der Waals surface area contributed by atoms with Gasteiger partial charge in [-0.3, -0.25) is 25.0 Å². The number of aryl methyl sites for hydroxylation is 1. The Kier molecular flexibility index (Phi) is 6.40. The molecule has 1 fully saturated rings. The van der Waals surface area contributed by atoms with E-state index in [2.05, 4.69) is 5.32 Å². The summed E-state index contributed by atoms with van der Waals surface area (Å²) in [6.45, 7) is 2.25. The Hall–Kier alpha value is -5.31. The number of fused-ring (bicyclic) bond motifs is 1. The molecule has 0 atom stereocenters. The number of nitro benzene ring substituents is 1. The van der Waals surface area contributed by atoms with Gasteiger partial charge in [0.05, 0.1) is 10.6 Å². The maximum absolute atomic E-state index is 13.5. The lowest BCUT2D eigenvalue weighted by Gasteiger charge is -2.26. The number of hydrogen-bond donors (Lipinski definition) is 1. The molecule has 0 bridgehead atoms. The molecule has 4 amide bonds. The summed E-state index contributed by atoms with van der Waals surface area (Å²) in [6.07, 6.45) is 1.39. The van der Waals surface area contributed by atoms with Crippen LogP contribution in [0.5, 0.6) is 5.75 Å². The van der Waals surface area contributed by atoms with Gasteiger partial charge in [0, 0.05) is 17.7 Å². The molecule has 0 spiro atoms. The van der Waals surface area contributed by atoms with E-state index in [0.29, 0.717) is 16.2 Å². The van der Waals surface area contributed by atoms with Crippen LogP contribution in [0.25, 0.3) is 16.8 Å². The summed E-state index contributed by atoms with van der Waals surface area (Å²) in [7, 11) is 0. The Balaban J connectivity index is 1.57. The standard InChI is InChI=1S/C29H21N3O6/c1-18-9-11-19(12-10-18)17-38-26-14-13-20-5-2-3-8-23(20)24(26)16-25-27(33)30-29(35)31(28(25)34)21-6-4-7-22(15-21)32(36)37/h2-16H,17H2,1H3,(H,30,33,35)/b25-16+. The molecule has 9 heteroatoms. The molecule has 1 N–H and O–H groups in total. The molecule has 0 saturated carbocycles. The van der Waals surface area contributed by atoms with E-state index in [9.17, 15) is 24.5 Å². The molecule has 1 aliphatic rings. The van der Waals surface area contributed by atoms with Gasteiger partial charge in [0.15, 0.2) is 0 Å². The molecular formula is C29H21N3O6. The second-order valence-corrected chi connectivity index (χ2v) is 8.71. The number of benzene rings is 4. The number of nitro groups is 1. The highest BCUT2D eigenvalue weighted by molar-refractivity contribution is 6.39. The highest BCUT2D eigenvalue weighted by atomic mass is 16.6. The maximum atomic E-state index is 13.5. The second kappa shape index (κ2) is 9.98. The van der Waals surface area contributed by atoms with Gasteiger partial charge in [-0.1, -0.05) is 66.2 Å². The fourth-order valence-corrected chi connectivity index (χ4v) is 4.18. The molecule has 4 aromatic carbocycles. The van der Waals surface area contributed by atoms with Gasteiger partial charge in [0.2, 0.25) is 0 Å². The maximum Gasteiger partial charge on any atom is 0.335 e. The van der Waals surface area contributed by atoms with Crippen molar-refractivity contribution in [3.8, 4) is 5.75 Å². The predicted molar refractivity (Wildman–Crippen MR) is 142 cm³/mol. The van der Waals surface area contributed by atoms with Crippen LogP contribution >= 0.6 is 0 Å². The Bertz CT molecular complexity index is 1640. The first kappa shape index (κ1) is 24.4. The second-order valence-electron chi connectivity index (χ2n) is 8.71. The van der Waals surface area contributed by atoms with Crippen molar-refractivity contribution in [2.45, 2.75) is 13.5 Å². The molecule has 1 aliphatic heterocycles. The average molecular weight is 508 g/mol. The number of barbiturate groups is 1. The Morgan fingerprint density at radius 1 is 0.947 bits per heavy atom. The number of anilines is 1. The van der Waals surface area contributed by atoms with E-state index in [-0.39, 0.29) is 23.6 Å². The zero-order valence-electron chi connectivity index (χ0n) is 20.2. The summed E-state index contributed by atoms with van der Waals surface area (Å²) in [5, 5.41) is 15.0. The van der Waals surface area contributed by atoms with Crippen LogP contribution in [0, 0.1) is 17.0 Å². The number of carbonyl (C=O) groups is 3. The van der Waals surface area contributed by atoms with Gasteiger partial charge >= 0.3 is 6.03 Å². The summed E-state index contributed by atoms with van der Waals surface area (Å²) in [5.41, 5.74) is 1.90. The summed E-state index contributed by atoms with van der Waals surface area (Å²) < 4.78 is 6.11. The van der Waals surface area contributed by atoms with E-state index in [1.54, 1.807) is 6.07 Å². The van der Waals surface area contributed by atoms with Gasteiger partial charge in [-0.25, -0.2) is 9.69 Å². The quantitative estimate of drug-likeness (QED) is 0.164. The molecular weight excluding hydrogens is 486 g/mol. The van der Waals surface area contributed by atoms with E-state index in [4.69, 9.17) is 4.74 Å². The molecule has 188 valence electrons. The van der Waals surface area contributed by atoms with Crippen molar-refractivity contribution in [1.82, 2.24) is 5.32 Å². The average Bonchev–Trinajstić information content (AvgIpc) is 2.91. The van der Waals surface area contributed by atoms with Crippen LogP contribution in [0.15, 0.2) is 90.5 Å². The van der Waals surface area contributed by atoms with Crippen LogP contribution in [0.4, 0.5) is 16.2 Å². The number of rotatable bonds is 6. The molecule has 0 unspecified atom stereocenters. The first-order chi connectivity index (χ1) is 18.3. The van der Waals surface area contributed by atoms with Crippen LogP contribution < -0.4 is 15.0 Å². The molecule has 9 nitrogen and oxygen atoms in total. The number of nitrogens with zero attached hydrogens (tertiary/aromatic N) is 2. The molecule has 1 saturated heterocycles. The number of nitrogens with one attached hydrogen (secondary N) is 1. The van der Waals surface area contributed by atoms with Crippen LogP contribution in [0.1, 0.15) is 16.7 Å². The van der Waals surface area contributed by atoms with Crippen molar-refractivity contribution in [2.75, 3.05) is 4.90 Å². The fraction of sp³-hybridized carbons (Fsp3) is 0.0690. The van der Waals surface area contributed by atoms with E-state index >= 15 is 0 Å². The fourth-order valence-electron chi connectivity index (χ4n) is 4.18. The van der Waals surface area contributed by atoms with E-state index in [1.165, 1.54) is 24.3 Å². The van der Waals surface area contributed by atoms with Gasteiger partial charge in [-0.15, -0.1) is 0 Å². The molecule has 5 rings (SSSR count). The van der Waals surface area contributed by atoms with Crippen molar-refractivity contribution in [1.29, 1.82) is 0 Å². The molecule has 0 aromatic heterocycles. The third-order valence-electron chi connectivity index (χ3n) is 6.13. The predicted octanol–water partition coefficient (Wildman–Crippen LogP) is 5.30. The lowest BCUT2D eigenvalue weighted by Crippen LogP contribution is -2.54. The first-order valence-electron chi connectivity index (χ1n) is 11.7. The van der Waals surface area contributed by atoms with Crippen molar-refractivity contribution >= 4 is 46.1 Å². The minimum atomic E-state index is -0.994. The van der Waals surface area contributed by atoms with Gasteiger partial charge in [-0.05, 0) is 41.5 Å². The monoisotopic (exact) mass is 507 g/mol. The van der Waals surface area contributed by atoms with Gasteiger partial charge in [-0.2, -0.15) is 0 Å². The normalized spacial score (nSPS) is 14.6. The minimum absolute atomic E-state index is 0.0335. The molecule has 0 aliphatic carbocycles. The van der Waals surface area contributed by atoms with E-state index in [0.717, 1.165) is 28.0 Å². The number of hydrogen-bond acceptors (Lipinski definition) is 6. The summed E-state index contributed by atoms with van der Waals surface area (Å²) in [4.78, 5) is 50.2. The zero-order chi connectivity index (χ0) is 26.8. The van der Waals surface area contributed by atoms with Crippen molar-refractivity contribution in [3.63, 3.8) is 0 Å². The summed E-state index contributed by atoms with van der Waals surface area (Å²) >= 11 is 0. The van der Waals surface area contributed by atoms with Crippen molar-refractivity contribution in [2.24, 2.45) is 0 Å². The van der Waals surface area contributed by atoms with Gasteiger partial charge < -0.3 is 4.74 Å². The zero-order valence-corrected chi connectivity index (χ0v) is 20.2. The van der Waals surface area contributed by atoms with Crippen LogP contribution in [-0.2, 0) is 16.2 Å².